The van der Waals surface area contributed by atoms with E-state index in [0.29, 0.717) is 6.54 Å². The lowest BCUT2D eigenvalue weighted by Crippen LogP contribution is -2.38. The van der Waals surface area contributed by atoms with Crippen LogP contribution in [0.15, 0.2) is 82.4 Å². The third-order valence-corrected chi connectivity index (χ3v) is 4.89. The number of hydrogen-bond donors (Lipinski definition) is 2. The highest BCUT2D eigenvalue weighted by Gasteiger charge is 2.10. The van der Waals surface area contributed by atoms with Gasteiger partial charge in [-0.15, -0.1) is 24.0 Å². The first-order valence-electron chi connectivity index (χ1n) is 9.95. The molecule has 1 atom stereocenters. The minimum absolute atomic E-state index is 0. The first-order valence-corrected chi connectivity index (χ1v) is 9.95. The van der Waals surface area contributed by atoms with Gasteiger partial charge in [0.25, 0.3) is 0 Å². The molecule has 6 heteroatoms. The van der Waals surface area contributed by atoms with Gasteiger partial charge < -0.3 is 15.1 Å². The van der Waals surface area contributed by atoms with Gasteiger partial charge in [-0.1, -0.05) is 54.6 Å². The van der Waals surface area contributed by atoms with Crippen LogP contribution in [0.4, 0.5) is 0 Å². The zero-order valence-corrected chi connectivity index (χ0v) is 20.2. The summed E-state index contributed by atoms with van der Waals surface area (Å²) in [5.41, 5.74) is 3.78. The van der Waals surface area contributed by atoms with Gasteiger partial charge in [-0.25, -0.2) is 0 Å². The molecular weight excluding hydrogens is 487 g/mol. The van der Waals surface area contributed by atoms with E-state index in [1.807, 2.05) is 18.2 Å². The number of benzene rings is 2. The summed E-state index contributed by atoms with van der Waals surface area (Å²) >= 11 is 0. The van der Waals surface area contributed by atoms with Gasteiger partial charge in [-0.2, -0.15) is 0 Å². The van der Waals surface area contributed by atoms with Crippen LogP contribution in [0.3, 0.4) is 0 Å². The Balaban J connectivity index is 0.00000320. The average molecular weight is 518 g/mol. The molecule has 0 aliphatic carbocycles. The summed E-state index contributed by atoms with van der Waals surface area (Å²) in [6.07, 6.45) is 1.72. The van der Waals surface area contributed by atoms with Gasteiger partial charge in [0.05, 0.1) is 18.8 Å². The number of furan rings is 1. The van der Waals surface area contributed by atoms with Crippen LogP contribution in [0, 0.1) is 0 Å². The fourth-order valence-electron chi connectivity index (χ4n) is 3.30. The molecule has 0 saturated heterocycles. The van der Waals surface area contributed by atoms with E-state index in [1.165, 1.54) is 16.7 Å². The fourth-order valence-corrected chi connectivity index (χ4v) is 3.30. The van der Waals surface area contributed by atoms with Crippen LogP contribution >= 0.6 is 24.0 Å². The second-order valence-electron chi connectivity index (χ2n) is 7.22. The molecule has 1 heterocycles. The zero-order valence-electron chi connectivity index (χ0n) is 17.8. The van der Waals surface area contributed by atoms with E-state index in [1.54, 1.807) is 13.3 Å². The van der Waals surface area contributed by atoms with Crippen molar-refractivity contribution in [1.82, 2.24) is 15.5 Å². The maximum absolute atomic E-state index is 5.46. The van der Waals surface area contributed by atoms with E-state index < -0.39 is 0 Å². The lowest BCUT2D eigenvalue weighted by Gasteiger charge is -2.20. The number of nitrogens with one attached hydrogen (secondary N) is 2. The van der Waals surface area contributed by atoms with Crippen LogP contribution < -0.4 is 10.6 Å². The zero-order chi connectivity index (χ0) is 20.5. The normalized spacial score (nSPS) is 12.3. The predicted octanol–water partition coefficient (Wildman–Crippen LogP) is 4.96. The highest BCUT2D eigenvalue weighted by molar-refractivity contribution is 14.0. The molecule has 160 valence electrons. The van der Waals surface area contributed by atoms with Crippen molar-refractivity contribution in [2.45, 2.75) is 32.6 Å². The molecule has 30 heavy (non-hydrogen) atoms. The van der Waals surface area contributed by atoms with E-state index in [0.717, 1.165) is 24.8 Å². The van der Waals surface area contributed by atoms with Crippen LogP contribution in [-0.2, 0) is 19.6 Å². The Bertz CT molecular complexity index is 897. The van der Waals surface area contributed by atoms with Gasteiger partial charge in [-0.05, 0) is 42.8 Å². The predicted molar refractivity (Wildman–Crippen MR) is 134 cm³/mol. The number of aliphatic imine (C=N–C) groups is 1. The number of rotatable bonds is 8. The summed E-state index contributed by atoms with van der Waals surface area (Å²) in [7, 11) is 3.91. The van der Waals surface area contributed by atoms with Crippen molar-refractivity contribution in [3.63, 3.8) is 0 Å². The van der Waals surface area contributed by atoms with Gasteiger partial charge in [0.2, 0.25) is 0 Å². The van der Waals surface area contributed by atoms with Crippen LogP contribution in [0.25, 0.3) is 0 Å². The molecule has 0 saturated carbocycles. The van der Waals surface area contributed by atoms with Crippen molar-refractivity contribution in [2.75, 3.05) is 14.1 Å². The lowest BCUT2D eigenvalue weighted by molar-refractivity contribution is 0.287. The second kappa shape index (κ2) is 12.4. The SMILES string of the molecule is CN=C(NCc1ccccc1CN(C)Cc1ccco1)NC(C)c1ccccc1.I. The summed E-state index contributed by atoms with van der Waals surface area (Å²) in [5.74, 6) is 1.77. The Morgan fingerprint density at radius 3 is 2.33 bits per heavy atom. The average Bonchev–Trinajstić information content (AvgIpc) is 3.25. The van der Waals surface area contributed by atoms with Crippen molar-refractivity contribution in [1.29, 1.82) is 0 Å². The lowest BCUT2D eigenvalue weighted by atomic mass is 10.1. The molecule has 2 N–H and O–H groups in total. The Morgan fingerprint density at radius 1 is 0.967 bits per heavy atom. The van der Waals surface area contributed by atoms with Crippen molar-refractivity contribution < 1.29 is 4.42 Å². The van der Waals surface area contributed by atoms with Crippen molar-refractivity contribution in [2.24, 2.45) is 4.99 Å². The summed E-state index contributed by atoms with van der Waals surface area (Å²) in [6, 6.07) is 23.0. The molecule has 0 aliphatic heterocycles. The first-order chi connectivity index (χ1) is 14.2. The second-order valence-corrected chi connectivity index (χ2v) is 7.22. The van der Waals surface area contributed by atoms with E-state index in [4.69, 9.17) is 4.42 Å². The molecule has 0 amide bonds. The topological polar surface area (TPSA) is 52.8 Å². The summed E-state index contributed by atoms with van der Waals surface area (Å²) < 4.78 is 5.46. The highest BCUT2D eigenvalue weighted by atomic mass is 127. The fraction of sp³-hybridized carbons (Fsp3) is 0.292. The first kappa shape index (κ1) is 24.0. The maximum atomic E-state index is 5.46. The quantitative estimate of drug-likeness (QED) is 0.252. The molecule has 0 spiro atoms. The van der Waals surface area contributed by atoms with Crippen LogP contribution in [0.2, 0.25) is 0 Å². The molecule has 5 nitrogen and oxygen atoms in total. The Morgan fingerprint density at radius 2 is 1.67 bits per heavy atom. The summed E-state index contributed by atoms with van der Waals surface area (Å²) in [4.78, 5) is 6.63. The highest BCUT2D eigenvalue weighted by Crippen LogP contribution is 2.14. The van der Waals surface area contributed by atoms with Crippen molar-refractivity contribution in [3.8, 4) is 0 Å². The smallest absolute Gasteiger partial charge is 0.191 e. The van der Waals surface area contributed by atoms with Gasteiger partial charge in [0, 0.05) is 20.1 Å². The van der Waals surface area contributed by atoms with E-state index >= 15 is 0 Å². The van der Waals surface area contributed by atoms with Crippen molar-refractivity contribution in [3.05, 3.63) is 95.4 Å². The van der Waals surface area contributed by atoms with Gasteiger partial charge >= 0.3 is 0 Å². The maximum Gasteiger partial charge on any atom is 0.191 e. The number of nitrogens with zero attached hydrogens (tertiary/aromatic N) is 2. The Labute approximate surface area is 196 Å². The molecule has 0 bridgehead atoms. The standard InChI is InChI=1S/C24H30N4O.HI/c1-19(20-10-5-4-6-11-20)27-24(25-2)26-16-21-12-7-8-13-22(21)17-28(3)18-23-14-9-15-29-23;/h4-15,19H,16-18H2,1-3H3,(H2,25,26,27);1H. The number of halogens is 1. The summed E-state index contributed by atoms with van der Waals surface area (Å²) in [6.45, 7) is 4.49. The van der Waals surface area contributed by atoms with Gasteiger partial charge in [0.15, 0.2) is 5.96 Å². The monoisotopic (exact) mass is 518 g/mol. The molecule has 0 radical (unpaired) electrons. The largest absolute Gasteiger partial charge is 0.468 e. The molecule has 1 aromatic heterocycles. The molecule has 3 rings (SSSR count). The van der Waals surface area contributed by atoms with Crippen molar-refractivity contribution >= 4 is 29.9 Å². The van der Waals surface area contributed by atoms with Gasteiger partial charge in [0.1, 0.15) is 5.76 Å². The minimum atomic E-state index is 0. The molecule has 3 aromatic rings. The molecular formula is C24H31IN4O. The molecule has 0 aliphatic rings. The number of guanidine groups is 1. The summed E-state index contributed by atoms with van der Waals surface area (Å²) in [5, 5.41) is 6.91. The Hall–Kier alpha value is -2.32. The molecule has 1 unspecified atom stereocenters. The third kappa shape index (κ3) is 7.18. The minimum Gasteiger partial charge on any atom is -0.468 e. The number of hydrogen-bond acceptors (Lipinski definition) is 3. The Kier molecular flexibility index (Phi) is 9.89. The van der Waals surface area contributed by atoms with Crippen LogP contribution in [0.1, 0.15) is 35.4 Å². The van der Waals surface area contributed by atoms with E-state index in [2.05, 4.69) is 83.0 Å². The molecule has 0 fully saturated rings. The third-order valence-electron chi connectivity index (χ3n) is 4.89. The van der Waals surface area contributed by atoms with Crippen LogP contribution in [-0.4, -0.2) is 25.0 Å². The molecule has 2 aromatic carbocycles. The van der Waals surface area contributed by atoms with E-state index in [-0.39, 0.29) is 30.0 Å². The van der Waals surface area contributed by atoms with Gasteiger partial charge in [-0.3, -0.25) is 9.89 Å². The van der Waals surface area contributed by atoms with Crippen LogP contribution in [0.5, 0.6) is 0 Å². The van der Waals surface area contributed by atoms with E-state index in [9.17, 15) is 0 Å².